The van der Waals surface area contributed by atoms with Crippen molar-refractivity contribution in [3.8, 4) is 11.5 Å². The van der Waals surface area contributed by atoms with Crippen LogP contribution >= 0.6 is 39.0 Å². The van der Waals surface area contributed by atoms with E-state index in [0.29, 0.717) is 28.8 Å². The van der Waals surface area contributed by atoms with E-state index in [-0.39, 0.29) is 16.7 Å². The number of aromatic amines is 1. The number of carbonyl (C=O) groups is 2. The minimum Gasteiger partial charge on any atom is -0.493 e. The molecule has 4 aromatic rings. The fourth-order valence-electron chi connectivity index (χ4n) is 5.18. The molecule has 1 N–H and O–H groups in total. The number of aromatic nitrogens is 1. The smallest absolute Gasteiger partial charge is 0.305 e. The Bertz CT molecular complexity index is 1650. The quantitative estimate of drug-likeness (QED) is 0.270. The van der Waals surface area contributed by atoms with Crippen molar-refractivity contribution in [2.75, 3.05) is 12.0 Å². The van der Waals surface area contributed by atoms with Crippen molar-refractivity contribution in [3.05, 3.63) is 102 Å². The van der Waals surface area contributed by atoms with E-state index in [1.54, 1.807) is 31.4 Å². The third-order valence-electron chi connectivity index (χ3n) is 6.93. The highest BCUT2D eigenvalue weighted by Gasteiger charge is 2.56. The molecule has 1 aromatic heterocycles. The summed E-state index contributed by atoms with van der Waals surface area (Å²) >= 11 is 5.74. The third kappa shape index (κ3) is 4.70. The van der Waals surface area contributed by atoms with Gasteiger partial charge in [-0.25, -0.2) is 4.90 Å². The van der Waals surface area contributed by atoms with Crippen molar-refractivity contribution in [2.24, 2.45) is 5.92 Å². The van der Waals surface area contributed by atoms with Crippen molar-refractivity contribution in [2.45, 2.75) is 29.7 Å². The maximum atomic E-state index is 13.9. The number of benzene rings is 3. The molecule has 6 rings (SSSR count). The molecule has 2 aliphatic heterocycles. The van der Waals surface area contributed by atoms with Gasteiger partial charge in [-0.15, -0.1) is 0 Å². The lowest BCUT2D eigenvalue weighted by atomic mass is 9.83. The summed E-state index contributed by atoms with van der Waals surface area (Å²) in [5, 5.41) is -0.0269. The molecule has 1 saturated heterocycles. The number of rotatable bonds is 6. The number of anilines is 1. The zero-order chi connectivity index (χ0) is 27.3. The lowest BCUT2D eigenvalue weighted by molar-refractivity contribution is -0.122. The van der Waals surface area contributed by atoms with Gasteiger partial charge in [0.05, 0.1) is 23.7 Å². The van der Waals surface area contributed by atoms with Gasteiger partial charge in [0.25, 0.3) is 0 Å². The van der Waals surface area contributed by atoms with Crippen molar-refractivity contribution in [3.63, 3.8) is 0 Å². The number of nitrogens with one attached hydrogen (secondary N) is 1. The van der Waals surface area contributed by atoms with E-state index in [1.807, 2.05) is 43.3 Å². The molecule has 0 radical (unpaired) electrons. The molecule has 0 aliphatic carbocycles. The zero-order valence-electron chi connectivity index (χ0n) is 21.0. The number of amides is 2. The summed E-state index contributed by atoms with van der Waals surface area (Å²) < 4.78 is 12.6. The highest BCUT2D eigenvalue weighted by Crippen LogP contribution is 2.53. The molecule has 198 valence electrons. The van der Waals surface area contributed by atoms with E-state index >= 15 is 0 Å². The molecule has 0 saturated carbocycles. The molecule has 3 aromatic carbocycles. The average Bonchev–Trinajstić information content (AvgIpc) is 3.42. The van der Waals surface area contributed by atoms with Crippen LogP contribution in [0.3, 0.4) is 0 Å². The molecular formula is C29H23BrN2O5S2. The van der Waals surface area contributed by atoms with Gasteiger partial charge in [-0.1, -0.05) is 74.9 Å². The van der Waals surface area contributed by atoms with Crippen molar-refractivity contribution in [1.82, 2.24) is 4.98 Å². The van der Waals surface area contributed by atoms with Crippen LogP contribution in [-0.2, 0) is 16.2 Å². The number of H-pyrrole nitrogens is 1. The zero-order valence-corrected chi connectivity index (χ0v) is 24.2. The number of nitrogens with zero attached hydrogens (tertiary/aromatic N) is 1. The molecule has 10 heteroatoms. The first-order valence-corrected chi connectivity index (χ1v) is 14.7. The Morgan fingerprint density at radius 2 is 1.77 bits per heavy atom. The monoisotopic (exact) mass is 622 g/mol. The van der Waals surface area contributed by atoms with Gasteiger partial charge < -0.3 is 14.5 Å². The summed E-state index contributed by atoms with van der Waals surface area (Å²) in [5.74, 6) is -0.654. The Labute approximate surface area is 241 Å². The number of thiazole rings is 1. The number of halogens is 1. The number of thioether (sulfide) groups is 1. The second kappa shape index (κ2) is 10.3. The van der Waals surface area contributed by atoms with Crippen molar-refractivity contribution < 1.29 is 19.1 Å². The van der Waals surface area contributed by atoms with Gasteiger partial charge in [-0.3, -0.25) is 14.4 Å². The van der Waals surface area contributed by atoms with E-state index in [0.717, 1.165) is 37.4 Å². The van der Waals surface area contributed by atoms with E-state index in [1.165, 1.54) is 16.7 Å². The minimum absolute atomic E-state index is 0.216. The van der Waals surface area contributed by atoms with Gasteiger partial charge in [0.2, 0.25) is 11.8 Å². The number of fused-ring (bicyclic) bond motifs is 2. The van der Waals surface area contributed by atoms with Crippen LogP contribution < -0.4 is 19.2 Å². The molecule has 0 bridgehead atoms. The fraction of sp³-hybridized carbons (Fsp3) is 0.207. The largest absolute Gasteiger partial charge is 0.493 e. The van der Waals surface area contributed by atoms with Gasteiger partial charge in [0.1, 0.15) is 11.9 Å². The first-order valence-electron chi connectivity index (χ1n) is 12.2. The maximum Gasteiger partial charge on any atom is 0.305 e. The van der Waals surface area contributed by atoms with Crippen LogP contribution in [0.1, 0.15) is 27.5 Å². The summed E-state index contributed by atoms with van der Waals surface area (Å²) in [6.07, 6.45) is 0. The molecule has 2 aliphatic rings. The molecule has 39 heavy (non-hydrogen) atoms. The van der Waals surface area contributed by atoms with Gasteiger partial charge in [0, 0.05) is 15.3 Å². The van der Waals surface area contributed by atoms with Crippen LogP contribution in [0.25, 0.3) is 0 Å². The first-order chi connectivity index (χ1) is 18.8. The third-order valence-corrected chi connectivity index (χ3v) is 9.86. The van der Waals surface area contributed by atoms with Gasteiger partial charge in [-0.05, 0) is 54.4 Å². The van der Waals surface area contributed by atoms with Crippen LogP contribution in [0.15, 0.2) is 81.0 Å². The summed E-state index contributed by atoms with van der Waals surface area (Å²) in [7, 11) is 1.57. The van der Waals surface area contributed by atoms with Gasteiger partial charge >= 0.3 is 4.87 Å². The Kier molecular flexibility index (Phi) is 6.86. The van der Waals surface area contributed by atoms with E-state index in [4.69, 9.17) is 9.47 Å². The normalized spacial score (nSPS) is 20.1. The average molecular weight is 624 g/mol. The van der Waals surface area contributed by atoms with E-state index in [2.05, 4.69) is 27.0 Å². The molecule has 0 spiro atoms. The lowest BCUT2D eigenvalue weighted by Crippen LogP contribution is -2.32. The lowest BCUT2D eigenvalue weighted by Gasteiger charge is -2.30. The summed E-state index contributed by atoms with van der Waals surface area (Å²) in [5.41, 5.74) is 3.49. The van der Waals surface area contributed by atoms with Crippen LogP contribution in [0.2, 0.25) is 0 Å². The molecule has 3 heterocycles. The molecule has 7 nitrogen and oxygen atoms in total. The number of aryl methyl sites for hydroxylation is 1. The Hall–Kier alpha value is -3.34. The predicted octanol–water partition coefficient (Wildman–Crippen LogP) is 5.89. The van der Waals surface area contributed by atoms with Crippen molar-refractivity contribution >= 4 is 56.5 Å². The SMILES string of the molecule is COc1cc([C@@H]2c3sc(=O)[nH]c3S[C@H]3C(=O)N(c4ccc(Br)cc4)C(=O)[C@@H]23)ccc1OCc1cccc(C)c1. The Balaban J connectivity index is 1.37. The first kappa shape index (κ1) is 25.9. The summed E-state index contributed by atoms with van der Waals surface area (Å²) in [6.45, 7) is 2.41. The van der Waals surface area contributed by atoms with Gasteiger partial charge in [0.15, 0.2) is 11.5 Å². The highest BCUT2D eigenvalue weighted by atomic mass is 79.9. The molecule has 1 fully saturated rings. The Morgan fingerprint density at radius 1 is 0.974 bits per heavy atom. The summed E-state index contributed by atoms with van der Waals surface area (Å²) in [6, 6.07) is 20.7. The number of hydrogen-bond acceptors (Lipinski definition) is 7. The number of carbonyl (C=O) groups excluding carboxylic acids is 2. The molecule has 0 unspecified atom stereocenters. The fourth-order valence-corrected chi connectivity index (χ4v) is 7.96. The molecule has 2 amide bonds. The highest BCUT2D eigenvalue weighted by molar-refractivity contribution is 9.10. The topological polar surface area (TPSA) is 88.7 Å². The number of ether oxygens (including phenoxy) is 2. The standard InChI is InChI=1S/C29H23BrN2O5S2/c1-15-4-3-5-16(12-15)14-37-20-11-6-17(13-21(20)36-2)22-23-25(38-26-24(22)39-29(35)31-26)28(34)32(27(23)33)19-9-7-18(30)8-10-19/h3-13,22-23,25H,14H2,1-2H3,(H,31,35)/t22-,23-,25+/m0/s1. The summed E-state index contributed by atoms with van der Waals surface area (Å²) in [4.78, 5) is 44.5. The van der Waals surface area contributed by atoms with Crippen molar-refractivity contribution in [1.29, 1.82) is 0 Å². The predicted molar refractivity (Wildman–Crippen MR) is 155 cm³/mol. The van der Waals surface area contributed by atoms with Crippen LogP contribution in [0.4, 0.5) is 5.69 Å². The molecule has 3 atom stereocenters. The van der Waals surface area contributed by atoms with Crippen LogP contribution in [0.5, 0.6) is 11.5 Å². The second-order valence-electron chi connectivity index (χ2n) is 9.43. The minimum atomic E-state index is -0.672. The van der Waals surface area contributed by atoms with E-state index in [9.17, 15) is 14.4 Å². The second-order valence-corrected chi connectivity index (χ2v) is 12.5. The van der Waals surface area contributed by atoms with Gasteiger partial charge in [-0.2, -0.15) is 0 Å². The van der Waals surface area contributed by atoms with Crippen LogP contribution in [0, 0.1) is 12.8 Å². The maximum absolute atomic E-state index is 13.9. The number of hydrogen-bond donors (Lipinski definition) is 1. The Morgan fingerprint density at radius 3 is 2.51 bits per heavy atom. The van der Waals surface area contributed by atoms with Crippen LogP contribution in [-0.4, -0.2) is 29.2 Å². The van der Waals surface area contributed by atoms with E-state index < -0.39 is 17.1 Å². The number of imide groups is 1. The molecular weight excluding hydrogens is 600 g/mol. The number of methoxy groups -OCH3 is 1.